The van der Waals surface area contributed by atoms with Gasteiger partial charge < -0.3 is 5.32 Å². The number of halogens is 1. The van der Waals surface area contributed by atoms with Gasteiger partial charge in [-0.1, -0.05) is 36.2 Å². The van der Waals surface area contributed by atoms with Crippen LogP contribution in [0.4, 0.5) is 0 Å². The smallest absolute Gasteiger partial charge is 0.157 e. The topological polar surface area (TPSA) is 29.1 Å². The van der Waals surface area contributed by atoms with Crippen LogP contribution in [0.1, 0.15) is 46.8 Å². The molecular weight excluding hydrogens is 258 g/mol. The van der Waals surface area contributed by atoms with Gasteiger partial charge in [-0.15, -0.1) is 0 Å². The number of nitrogens with one attached hydrogen (secondary N) is 1. The fraction of sp³-hybridized carbons (Fsp3) is 0.562. The first-order chi connectivity index (χ1) is 9.96. The summed E-state index contributed by atoms with van der Waals surface area (Å²) in [5.74, 6) is 0.250. The zero-order valence-corrected chi connectivity index (χ0v) is 11.7. The van der Waals surface area contributed by atoms with E-state index in [0.29, 0.717) is 30.2 Å². The molecule has 1 aromatic carbocycles. The summed E-state index contributed by atoms with van der Waals surface area (Å²) < 4.78 is 16.1. The molecule has 2 saturated carbocycles. The van der Waals surface area contributed by atoms with E-state index in [-0.39, 0.29) is 5.78 Å². The molecule has 1 aromatic rings. The molecule has 19 heavy (non-hydrogen) atoms. The lowest BCUT2D eigenvalue weighted by atomic mass is 9.75. The van der Waals surface area contributed by atoms with E-state index in [9.17, 15) is 4.79 Å². The van der Waals surface area contributed by atoms with Gasteiger partial charge in [0, 0.05) is 14.1 Å². The van der Waals surface area contributed by atoms with Crippen molar-refractivity contribution in [2.75, 3.05) is 6.54 Å². The summed E-state index contributed by atoms with van der Waals surface area (Å²) in [4.78, 5) is 12.9. The number of ketones is 1. The second kappa shape index (κ2) is 5.26. The lowest BCUT2D eigenvalue weighted by Crippen LogP contribution is -2.51. The summed E-state index contributed by atoms with van der Waals surface area (Å²) >= 11 is 6.32. The van der Waals surface area contributed by atoms with Crippen LogP contribution in [0, 0.1) is 5.92 Å². The Labute approximate surface area is 122 Å². The van der Waals surface area contributed by atoms with Gasteiger partial charge in [0.15, 0.2) is 5.78 Å². The van der Waals surface area contributed by atoms with Gasteiger partial charge in [0.05, 0.1) is 0 Å². The number of hydrogen-bond acceptors (Lipinski definition) is 2. The number of Topliss-reactive ketones (excluding diaryl/α,β-unsaturated/α-hetero) is 1. The molecule has 1 atom stereocenters. The Kier molecular flexibility index (Phi) is 3.01. The third kappa shape index (κ3) is 2.56. The van der Waals surface area contributed by atoms with Gasteiger partial charge in [0.25, 0.3) is 0 Å². The highest BCUT2D eigenvalue weighted by Gasteiger charge is 2.43. The number of benzene rings is 1. The molecule has 3 rings (SSSR count). The van der Waals surface area contributed by atoms with Crippen molar-refractivity contribution >= 4 is 17.4 Å². The van der Waals surface area contributed by atoms with E-state index in [1.165, 1.54) is 12.8 Å². The normalized spacial score (nSPS) is 31.7. The maximum Gasteiger partial charge on any atom is 0.157 e. The van der Waals surface area contributed by atoms with Crippen molar-refractivity contribution < 1.29 is 7.54 Å². The third-order valence-corrected chi connectivity index (χ3v) is 4.45. The van der Waals surface area contributed by atoms with E-state index in [1.54, 1.807) is 6.07 Å². The molecule has 0 saturated heterocycles. The van der Waals surface area contributed by atoms with Gasteiger partial charge in [-0.2, -0.15) is 0 Å². The number of rotatable bonds is 4. The van der Waals surface area contributed by atoms with Crippen LogP contribution in [0.5, 0.6) is 0 Å². The second-order valence-electron chi connectivity index (χ2n) is 5.57. The molecular formula is C16H20ClNO. The van der Waals surface area contributed by atoms with Crippen molar-refractivity contribution in [1.82, 2.24) is 5.32 Å². The van der Waals surface area contributed by atoms with E-state index in [4.69, 9.17) is 14.3 Å². The third-order valence-electron chi connectivity index (χ3n) is 4.12. The summed E-state index contributed by atoms with van der Waals surface area (Å²) in [5.41, 5.74) is -0.247. The first kappa shape index (κ1) is 10.9. The van der Waals surface area contributed by atoms with Crippen molar-refractivity contribution in [2.24, 2.45) is 5.92 Å². The van der Waals surface area contributed by atoms with Gasteiger partial charge in [0.2, 0.25) is 0 Å². The van der Waals surface area contributed by atoms with Gasteiger partial charge >= 0.3 is 0 Å². The molecule has 0 radical (unpaired) electrons. The van der Waals surface area contributed by atoms with Crippen LogP contribution < -0.4 is 5.32 Å². The fourth-order valence-corrected chi connectivity index (χ4v) is 3.09. The van der Waals surface area contributed by atoms with Crippen LogP contribution in [0.3, 0.4) is 0 Å². The minimum absolute atomic E-state index is 0.295. The summed E-state index contributed by atoms with van der Waals surface area (Å²) in [6.45, 7) is 0.757. The molecule has 0 heterocycles. The van der Waals surface area contributed by atoms with Crippen molar-refractivity contribution in [3.05, 3.63) is 34.9 Å². The summed E-state index contributed by atoms with van der Waals surface area (Å²) in [6, 6.07) is 7.32. The van der Waals surface area contributed by atoms with Gasteiger partial charge in [-0.25, -0.2) is 0 Å². The molecule has 2 nitrogen and oxygen atoms in total. The van der Waals surface area contributed by atoms with Crippen molar-refractivity contribution in [3.8, 4) is 0 Å². The zero-order chi connectivity index (χ0) is 15.1. The molecule has 1 N–H and O–H groups in total. The summed E-state index contributed by atoms with van der Waals surface area (Å²) in [6.07, 6.45) is 2.18. The SMILES string of the molecule is [2H]C1([2H])CCC[C@@](NCC2CC2)(c2ccccc2Cl)C1=O. The monoisotopic (exact) mass is 279 g/mol. The van der Waals surface area contributed by atoms with Crippen LogP contribution in [0.25, 0.3) is 0 Å². The molecule has 2 aliphatic carbocycles. The number of carbonyl (C=O) groups is 1. The molecule has 0 amide bonds. The Morgan fingerprint density at radius 3 is 2.89 bits per heavy atom. The average Bonchev–Trinajstić information content (AvgIpc) is 3.26. The molecule has 102 valence electrons. The largest absolute Gasteiger partial charge is 0.301 e. The Morgan fingerprint density at radius 1 is 1.37 bits per heavy atom. The van der Waals surface area contributed by atoms with Crippen molar-refractivity contribution in [2.45, 2.75) is 44.0 Å². The highest BCUT2D eigenvalue weighted by Crippen LogP contribution is 2.39. The lowest BCUT2D eigenvalue weighted by Gasteiger charge is -2.38. The van der Waals surface area contributed by atoms with E-state index < -0.39 is 11.9 Å². The minimum Gasteiger partial charge on any atom is -0.301 e. The molecule has 0 unspecified atom stereocenters. The summed E-state index contributed by atoms with van der Waals surface area (Å²) in [5, 5.41) is 3.92. The zero-order valence-electron chi connectivity index (χ0n) is 12.9. The minimum atomic E-state index is -1.78. The molecule has 2 fully saturated rings. The van der Waals surface area contributed by atoms with Gasteiger partial charge in [-0.05, 0) is 49.8 Å². The van der Waals surface area contributed by atoms with E-state index in [2.05, 4.69) is 5.32 Å². The van der Waals surface area contributed by atoms with Crippen LogP contribution in [-0.4, -0.2) is 12.3 Å². The highest BCUT2D eigenvalue weighted by atomic mass is 35.5. The quantitative estimate of drug-likeness (QED) is 0.911. The second-order valence-corrected chi connectivity index (χ2v) is 5.98. The van der Waals surface area contributed by atoms with Crippen LogP contribution in [-0.2, 0) is 10.3 Å². The first-order valence-electron chi connectivity index (χ1n) is 8.01. The fourth-order valence-electron chi connectivity index (χ4n) is 2.79. The molecule has 0 spiro atoms. The Bertz CT molecular complexity index is 559. The van der Waals surface area contributed by atoms with Crippen LogP contribution >= 0.6 is 11.6 Å². The predicted octanol–water partition coefficient (Wildman–Crippen LogP) is 3.68. The Hall–Kier alpha value is -0.860. The molecule has 3 heteroatoms. The Balaban J connectivity index is 2.01. The van der Waals surface area contributed by atoms with E-state index >= 15 is 0 Å². The van der Waals surface area contributed by atoms with E-state index in [1.807, 2.05) is 18.2 Å². The summed E-state index contributed by atoms with van der Waals surface area (Å²) in [7, 11) is 0. The molecule has 2 aliphatic rings. The molecule has 0 aromatic heterocycles. The Morgan fingerprint density at radius 2 is 2.16 bits per heavy atom. The first-order valence-corrected chi connectivity index (χ1v) is 7.38. The maximum atomic E-state index is 12.9. The molecule has 0 aliphatic heterocycles. The number of carbonyl (C=O) groups excluding carboxylic acids is 1. The van der Waals surface area contributed by atoms with Gasteiger partial charge in [-0.3, -0.25) is 4.79 Å². The van der Waals surface area contributed by atoms with Crippen LogP contribution in [0.2, 0.25) is 5.02 Å². The maximum absolute atomic E-state index is 12.9. The van der Waals surface area contributed by atoms with Crippen molar-refractivity contribution in [3.63, 3.8) is 0 Å². The van der Waals surface area contributed by atoms with Gasteiger partial charge in [0.1, 0.15) is 5.54 Å². The van der Waals surface area contributed by atoms with Crippen molar-refractivity contribution in [1.29, 1.82) is 0 Å². The standard InChI is InChI=1S/C16H20ClNO/c17-14-6-2-1-5-13(14)16(18-11-12-8-9-12)10-4-3-7-15(16)19/h1-2,5-6,12,18H,3-4,7-11H2/t16-/m1/s1/i7D2. The number of hydrogen-bond donors (Lipinski definition) is 1. The van der Waals surface area contributed by atoms with Crippen LogP contribution in [0.15, 0.2) is 24.3 Å². The highest BCUT2D eigenvalue weighted by molar-refractivity contribution is 6.31. The predicted molar refractivity (Wildman–Crippen MR) is 77.3 cm³/mol. The molecule has 0 bridgehead atoms. The lowest BCUT2D eigenvalue weighted by molar-refractivity contribution is -0.128. The van der Waals surface area contributed by atoms with E-state index in [0.717, 1.165) is 12.1 Å². The average molecular weight is 280 g/mol.